The zero-order valence-corrected chi connectivity index (χ0v) is 14.2. The molecule has 0 fully saturated rings. The van der Waals surface area contributed by atoms with Crippen molar-refractivity contribution in [1.82, 2.24) is 0 Å². The number of benzene rings is 3. The first-order valence-electron chi connectivity index (χ1n) is 7.30. The lowest BCUT2D eigenvalue weighted by atomic mass is 10.0. The van der Waals surface area contributed by atoms with Crippen LogP contribution < -0.4 is 0 Å². The second-order valence-corrected chi connectivity index (χ2v) is 10.0. The molecular weight excluding hydrogens is 308 g/mol. The molecule has 1 aliphatic rings. The van der Waals surface area contributed by atoms with Crippen LogP contribution in [0.4, 0.5) is 0 Å². The minimum Gasteiger partial charge on any atom is -0.192 e. The molecule has 3 aromatic carbocycles. The van der Waals surface area contributed by atoms with E-state index in [-0.39, 0.29) is 0 Å². The van der Waals surface area contributed by atoms with Crippen LogP contribution in [0, 0.1) is 0 Å². The van der Waals surface area contributed by atoms with E-state index < -0.39 is 10.0 Å². The first kappa shape index (κ1) is 13.9. The molecule has 0 N–H and O–H groups in total. The van der Waals surface area contributed by atoms with Crippen molar-refractivity contribution in [1.29, 1.82) is 0 Å². The third-order valence-corrected chi connectivity index (χ3v) is 7.58. The van der Waals surface area contributed by atoms with Crippen molar-refractivity contribution < 1.29 is 0 Å². The van der Waals surface area contributed by atoms with E-state index in [0.717, 1.165) is 5.02 Å². The van der Waals surface area contributed by atoms with E-state index in [1.165, 1.54) is 32.0 Å². The molecule has 22 heavy (non-hydrogen) atoms. The Bertz CT molecular complexity index is 863. The Morgan fingerprint density at radius 3 is 2.09 bits per heavy atom. The second-order valence-electron chi connectivity index (χ2n) is 6.04. The van der Waals surface area contributed by atoms with Crippen LogP contribution in [0.5, 0.6) is 0 Å². The van der Waals surface area contributed by atoms with Gasteiger partial charge in [-0.25, -0.2) is 0 Å². The normalized spacial score (nSPS) is 16.0. The van der Waals surface area contributed by atoms with Gasteiger partial charge in [0, 0.05) is 14.8 Å². The van der Waals surface area contributed by atoms with Crippen LogP contribution in [0.1, 0.15) is 0 Å². The summed E-state index contributed by atoms with van der Waals surface area (Å²) in [7, 11) is -0.930. The topological polar surface area (TPSA) is 0 Å². The van der Waals surface area contributed by atoms with E-state index >= 15 is 0 Å². The number of halogens is 1. The Kier molecular flexibility index (Phi) is 3.11. The minimum absolute atomic E-state index is 0.781. The molecule has 0 saturated carbocycles. The molecule has 4 rings (SSSR count). The number of rotatable bonds is 1. The second kappa shape index (κ2) is 4.91. The fourth-order valence-electron chi connectivity index (χ4n) is 3.24. The molecule has 2 heteroatoms. The van der Waals surface area contributed by atoms with Crippen LogP contribution >= 0.6 is 21.6 Å². The minimum atomic E-state index is -0.930. The molecule has 0 atom stereocenters. The molecule has 110 valence electrons. The molecule has 1 heterocycles. The average molecular weight is 325 g/mol. The van der Waals surface area contributed by atoms with Gasteiger partial charge in [-0.1, -0.05) is 54.1 Å². The monoisotopic (exact) mass is 324 g/mol. The van der Waals surface area contributed by atoms with Gasteiger partial charge in [0.2, 0.25) is 0 Å². The summed E-state index contributed by atoms with van der Waals surface area (Å²) in [5, 5.41) is 0.781. The van der Waals surface area contributed by atoms with Crippen molar-refractivity contribution in [2.45, 2.75) is 9.79 Å². The van der Waals surface area contributed by atoms with Gasteiger partial charge in [0.15, 0.2) is 0 Å². The van der Waals surface area contributed by atoms with E-state index in [2.05, 4.69) is 67.1 Å². The fraction of sp³-hybridized carbons (Fsp3) is 0.100. The fourth-order valence-corrected chi connectivity index (χ4v) is 5.90. The Morgan fingerprint density at radius 1 is 0.682 bits per heavy atom. The maximum Gasteiger partial charge on any atom is 0.0406 e. The van der Waals surface area contributed by atoms with Gasteiger partial charge in [0.25, 0.3) is 0 Å². The lowest BCUT2D eigenvalue weighted by Crippen LogP contribution is -1.92. The highest BCUT2D eigenvalue weighted by molar-refractivity contribution is 8.33. The maximum absolute atomic E-state index is 6.00. The highest BCUT2D eigenvalue weighted by atomic mass is 35.5. The van der Waals surface area contributed by atoms with Crippen LogP contribution in [0.3, 0.4) is 0 Å². The quantitative estimate of drug-likeness (QED) is 0.481. The standard InChI is InChI=1S/C20H17ClS/c1-22(2)19-6-4-3-5-17(19)18-12-9-15(13-20(18)22)14-7-10-16(21)11-8-14/h3-13H,1-2H3. The van der Waals surface area contributed by atoms with Crippen LogP contribution in [0.25, 0.3) is 22.3 Å². The first-order chi connectivity index (χ1) is 10.6. The molecule has 0 bridgehead atoms. The highest BCUT2D eigenvalue weighted by Gasteiger charge is 2.31. The number of hydrogen-bond donors (Lipinski definition) is 0. The predicted molar refractivity (Wildman–Crippen MR) is 98.3 cm³/mol. The number of hydrogen-bond acceptors (Lipinski definition) is 0. The lowest BCUT2D eigenvalue weighted by Gasteiger charge is -2.28. The largest absolute Gasteiger partial charge is 0.192 e. The zero-order chi connectivity index (χ0) is 15.3. The molecule has 0 amide bonds. The van der Waals surface area contributed by atoms with Crippen molar-refractivity contribution >= 4 is 21.6 Å². The summed E-state index contributed by atoms with van der Waals surface area (Å²) in [6.45, 7) is 0. The van der Waals surface area contributed by atoms with E-state index in [1.54, 1.807) is 0 Å². The zero-order valence-electron chi connectivity index (χ0n) is 12.6. The summed E-state index contributed by atoms with van der Waals surface area (Å²) in [6, 6.07) is 23.8. The molecule has 1 aliphatic heterocycles. The first-order valence-corrected chi connectivity index (χ1v) is 10.1. The van der Waals surface area contributed by atoms with Crippen molar-refractivity contribution in [3.8, 4) is 22.3 Å². The smallest absolute Gasteiger partial charge is 0.0406 e. The molecule has 0 aliphatic carbocycles. The maximum atomic E-state index is 6.00. The summed E-state index contributed by atoms with van der Waals surface area (Å²) in [6.07, 6.45) is 4.78. The third kappa shape index (κ3) is 2.00. The average Bonchev–Trinajstić information content (AvgIpc) is 2.77. The van der Waals surface area contributed by atoms with Crippen LogP contribution in [0.15, 0.2) is 76.5 Å². The van der Waals surface area contributed by atoms with Gasteiger partial charge in [-0.3, -0.25) is 0 Å². The molecule has 3 aromatic rings. The molecule has 0 aromatic heterocycles. The Morgan fingerprint density at radius 2 is 1.32 bits per heavy atom. The summed E-state index contributed by atoms with van der Waals surface area (Å²) in [5.41, 5.74) is 5.29. The number of fused-ring (bicyclic) bond motifs is 3. The van der Waals surface area contributed by atoms with Gasteiger partial charge in [0.1, 0.15) is 0 Å². The van der Waals surface area contributed by atoms with Gasteiger partial charge in [-0.15, -0.1) is 0 Å². The molecular formula is C20H17ClS. The predicted octanol–water partition coefficient (Wildman–Crippen LogP) is 6.47. The van der Waals surface area contributed by atoms with Gasteiger partial charge in [-0.05, 0) is 59.0 Å². The SMILES string of the molecule is CS1(C)c2ccccc2-c2ccc(-c3ccc(Cl)cc3)cc21. The van der Waals surface area contributed by atoms with Crippen LogP contribution in [0.2, 0.25) is 5.02 Å². The molecule has 0 unspecified atom stereocenters. The van der Waals surface area contributed by atoms with Crippen LogP contribution in [-0.2, 0) is 0 Å². The molecule has 0 spiro atoms. The Labute approximate surface area is 138 Å². The van der Waals surface area contributed by atoms with Crippen molar-refractivity contribution in [3.63, 3.8) is 0 Å². The molecule has 0 saturated heterocycles. The van der Waals surface area contributed by atoms with E-state index in [9.17, 15) is 0 Å². The van der Waals surface area contributed by atoms with Gasteiger partial charge in [-0.2, -0.15) is 10.0 Å². The van der Waals surface area contributed by atoms with Crippen molar-refractivity contribution in [2.75, 3.05) is 12.5 Å². The van der Waals surface area contributed by atoms with E-state index in [0.29, 0.717) is 0 Å². The van der Waals surface area contributed by atoms with E-state index in [1.807, 2.05) is 12.1 Å². The van der Waals surface area contributed by atoms with E-state index in [4.69, 9.17) is 11.6 Å². The van der Waals surface area contributed by atoms with Crippen molar-refractivity contribution in [2.24, 2.45) is 0 Å². The summed E-state index contributed by atoms with van der Waals surface area (Å²) >= 11 is 6.00. The Balaban J connectivity index is 1.90. The third-order valence-electron chi connectivity index (χ3n) is 4.44. The van der Waals surface area contributed by atoms with Gasteiger partial charge < -0.3 is 0 Å². The molecule has 0 radical (unpaired) electrons. The van der Waals surface area contributed by atoms with Crippen LogP contribution in [-0.4, -0.2) is 12.5 Å². The van der Waals surface area contributed by atoms with Gasteiger partial charge >= 0.3 is 0 Å². The van der Waals surface area contributed by atoms with Gasteiger partial charge in [0.05, 0.1) is 0 Å². The summed E-state index contributed by atoms with van der Waals surface area (Å²) in [4.78, 5) is 2.99. The highest BCUT2D eigenvalue weighted by Crippen LogP contribution is 2.67. The van der Waals surface area contributed by atoms with Crippen molar-refractivity contribution in [3.05, 3.63) is 71.8 Å². The lowest BCUT2D eigenvalue weighted by molar-refractivity contribution is 1.44. The summed E-state index contributed by atoms with van der Waals surface area (Å²) in [5.74, 6) is 0. The molecule has 0 nitrogen and oxygen atoms in total. The Hall–Kier alpha value is -1.70. The summed E-state index contributed by atoms with van der Waals surface area (Å²) < 4.78 is 0.